The molecule has 0 spiro atoms. The summed E-state index contributed by atoms with van der Waals surface area (Å²) in [5, 5.41) is 30.0. The second-order valence-electron chi connectivity index (χ2n) is 17.5. The van der Waals surface area contributed by atoms with Crippen LogP contribution in [0.2, 0.25) is 0 Å². The van der Waals surface area contributed by atoms with Crippen molar-refractivity contribution in [2.45, 2.75) is 119 Å². The topological polar surface area (TPSA) is 121 Å². The number of allylic oxidation sites excluding steroid dienone is 2. The Labute approximate surface area is 286 Å². The maximum atomic E-state index is 14.7. The predicted molar refractivity (Wildman–Crippen MR) is 184 cm³/mol. The van der Waals surface area contributed by atoms with Gasteiger partial charge in [0.2, 0.25) is 0 Å². The van der Waals surface area contributed by atoms with Crippen LogP contribution < -0.4 is 0 Å². The molecule has 48 heavy (non-hydrogen) atoms. The highest BCUT2D eigenvalue weighted by Gasteiger charge is 2.72. The normalized spacial score (nSPS) is 43.8. The number of carbonyl (C=O) groups is 3. The van der Waals surface area contributed by atoms with E-state index < -0.39 is 28.9 Å². The maximum absolute atomic E-state index is 14.7. The molecule has 6 rings (SSSR count). The van der Waals surface area contributed by atoms with Gasteiger partial charge < -0.3 is 20.1 Å². The van der Waals surface area contributed by atoms with E-state index in [0.29, 0.717) is 53.7 Å². The number of esters is 1. The van der Waals surface area contributed by atoms with Crippen molar-refractivity contribution in [1.29, 1.82) is 0 Å². The maximum Gasteiger partial charge on any atom is 0.331 e. The molecule has 1 aromatic rings. The number of aliphatic carboxylic acids is 1. The van der Waals surface area contributed by atoms with Crippen molar-refractivity contribution in [3.63, 3.8) is 0 Å². The standard InChI is InChI=1S/C41H56O7/c1-24-12-15-37(3)18-19-39(5)29(34(37)25(24)2)21-30(44)35-38(4)16-14-32(41(7,36(46)47)31(38)13-17-40(35,39)6)48-33(45)11-9-26-8-10-27(22-42)28(20-26)23-43/h8-11,20-21,24-25,31-32,34-35,42-43H,12-19,22-23H2,1-7H3,(H,46,47)/t24-,25+,31?,32-,34?,35?,37-,38+,39-,40-,41-/m1/s1. The molecule has 0 aromatic heterocycles. The molecule has 11 atom stereocenters. The van der Waals surface area contributed by atoms with Crippen molar-refractivity contribution in [3.05, 3.63) is 52.6 Å². The molecule has 5 aliphatic carbocycles. The molecule has 0 amide bonds. The Hall–Kier alpha value is -2.77. The number of rotatable bonds is 6. The summed E-state index contributed by atoms with van der Waals surface area (Å²) in [5.41, 5.74) is 1.10. The van der Waals surface area contributed by atoms with Crippen molar-refractivity contribution in [2.75, 3.05) is 0 Å². The Kier molecular flexibility index (Phi) is 8.72. The van der Waals surface area contributed by atoms with Crippen LogP contribution in [-0.4, -0.2) is 39.1 Å². The molecular formula is C41H56O7. The predicted octanol–water partition coefficient (Wildman–Crippen LogP) is 7.52. The highest BCUT2D eigenvalue weighted by Crippen LogP contribution is 2.75. The number of ketones is 1. The van der Waals surface area contributed by atoms with Gasteiger partial charge in [-0.1, -0.05) is 59.2 Å². The number of carboxylic acids is 1. The third-order valence-corrected chi connectivity index (χ3v) is 15.4. The number of carbonyl (C=O) groups excluding carboxylic acids is 2. The van der Waals surface area contributed by atoms with Crippen LogP contribution in [0.25, 0.3) is 6.08 Å². The van der Waals surface area contributed by atoms with Gasteiger partial charge in [0.15, 0.2) is 5.78 Å². The molecule has 0 aliphatic heterocycles. The van der Waals surface area contributed by atoms with Gasteiger partial charge >= 0.3 is 11.9 Å². The molecule has 0 heterocycles. The fourth-order valence-corrected chi connectivity index (χ4v) is 12.2. The lowest BCUT2D eigenvalue weighted by atomic mass is 9.33. The van der Waals surface area contributed by atoms with Crippen LogP contribution in [0, 0.1) is 56.7 Å². The van der Waals surface area contributed by atoms with Gasteiger partial charge in [0.1, 0.15) is 11.5 Å². The number of hydrogen-bond donors (Lipinski definition) is 3. The molecule has 0 saturated heterocycles. The number of aliphatic hydroxyl groups excluding tert-OH is 2. The third-order valence-electron chi connectivity index (χ3n) is 15.4. The summed E-state index contributed by atoms with van der Waals surface area (Å²) < 4.78 is 5.98. The van der Waals surface area contributed by atoms with Gasteiger partial charge in [0, 0.05) is 12.0 Å². The number of aliphatic hydroxyl groups is 2. The Morgan fingerprint density at radius 3 is 2.29 bits per heavy atom. The molecule has 7 nitrogen and oxygen atoms in total. The van der Waals surface area contributed by atoms with Crippen LogP contribution in [0.15, 0.2) is 35.9 Å². The average Bonchev–Trinajstić information content (AvgIpc) is 3.04. The lowest BCUT2D eigenvalue weighted by Crippen LogP contribution is -2.68. The van der Waals surface area contributed by atoms with Gasteiger partial charge in [-0.3, -0.25) is 9.59 Å². The van der Waals surface area contributed by atoms with Gasteiger partial charge in [-0.15, -0.1) is 0 Å². The van der Waals surface area contributed by atoms with Gasteiger partial charge in [0.25, 0.3) is 0 Å². The summed E-state index contributed by atoms with van der Waals surface area (Å²) in [4.78, 5) is 41.1. The van der Waals surface area contributed by atoms with E-state index in [2.05, 4.69) is 41.5 Å². The minimum Gasteiger partial charge on any atom is -0.481 e. The van der Waals surface area contributed by atoms with E-state index in [1.165, 1.54) is 24.5 Å². The Morgan fingerprint density at radius 2 is 1.62 bits per heavy atom. The van der Waals surface area contributed by atoms with Gasteiger partial charge in [-0.05, 0) is 139 Å². The monoisotopic (exact) mass is 660 g/mol. The van der Waals surface area contributed by atoms with E-state index in [9.17, 15) is 29.7 Å². The zero-order valence-corrected chi connectivity index (χ0v) is 30.0. The van der Waals surface area contributed by atoms with Crippen LogP contribution >= 0.6 is 0 Å². The van der Waals surface area contributed by atoms with Gasteiger partial charge in [0.05, 0.1) is 13.2 Å². The third kappa shape index (κ3) is 4.92. The highest BCUT2D eigenvalue weighted by molar-refractivity contribution is 5.96. The van der Waals surface area contributed by atoms with Crippen LogP contribution in [0.3, 0.4) is 0 Å². The lowest BCUT2D eigenvalue weighted by Gasteiger charge is -2.70. The first-order chi connectivity index (χ1) is 22.5. The first-order valence-electron chi connectivity index (χ1n) is 18.2. The highest BCUT2D eigenvalue weighted by atomic mass is 16.5. The molecule has 0 bridgehead atoms. The molecule has 7 heteroatoms. The first kappa shape index (κ1) is 35.1. The summed E-state index contributed by atoms with van der Waals surface area (Å²) in [6.45, 7) is 15.4. The summed E-state index contributed by atoms with van der Waals surface area (Å²) >= 11 is 0. The minimum absolute atomic E-state index is 0.131. The number of fused-ring (bicyclic) bond motifs is 7. The Balaban J connectivity index is 1.30. The molecule has 3 N–H and O–H groups in total. The van der Waals surface area contributed by atoms with Crippen molar-refractivity contribution in [1.82, 2.24) is 0 Å². The number of ether oxygens (including phenoxy) is 1. The Bertz CT molecular complexity index is 1560. The molecule has 5 aliphatic rings. The molecule has 4 saturated carbocycles. The summed E-state index contributed by atoms with van der Waals surface area (Å²) in [7, 11) is 0. The van der Waals surface area contributed by atoms with E-state index in [4.69, 9.17) is 4.74 Å². The van der Waals surface area contributed by atoms with Crippen molar-refractivity contribution in [2.24, 2.45) is 56.7 Å². The summed E-state index contributed by atoms with van der Waals surface area (Å²) in [6, 6.07) is 5.14. The van der Waals surface area contributed by atoms with Crippen LogP contribution in [0.5, 0.6) is 0 Å². The molecule has 0 radical (unpaired) electrons. The van der Waals surface area contributed by atoms with Crippen molar-refractivity contribution < 1.29 is 34.4 Å². The number of hydrogen-bond acceptors (Lipinski definition) is 6. The van der Waals surface area contributed by atoms with E-state index >= 15 is 0 Å². The van der Waals surface area contributed by atoms with E-state index in [1.54, 1.807) is 31.2 Å². The number of carboxylic acid groups (broad SMARTS) is 1. The SMILES string of the molecule is C[C@@H]1CC[C@]2(C)CC[C@]3(C)C(=CC(=O)C4[C@@]5(C)CC[C@@H](OC(=O)C=Cc6ccc(CO)c(CO)c6)[C@](C)(C(=O)O)C5CC[C@]43C)C2[C@H]1C. The van der Waals surface area contributed by atoms with E-state index in [0.717, 1.165) is 19.3 Å². The van der Waals surface area contributed by atoms with Gasteiger partial charge in [-0.2, -0.15) is 0 Å². The largest absolute Gasteiger partial charge is 0.481 e. The average molecular weight is 661 g/mol. The lowest BCUT2D eigenvalue weighted by molar-refractivity contribution is -0.220. The summed E-state index contributed by atoms with van der Waals surface area (Å²) in [5.74, 6) is -0.538. The smallest absolute Gasteiger partial charge is 0.331 e. The zero-order valence-electron chi connectivity index (χ0n) is 30.0. The second kappa shape index (κ2) is 11.9. The molecule has 3 unspecified atom stereocenters. The van der Waals surface area contributed by atoms with Gasteiger partial charge in [-0.25, -0.2) is 4.79 Å². The molecule has 1 aromatic carbocycles. The van der Waals surface area contributed by atoms with Crippen LogP contribution in [0.4, 0.5) is 0 Å². The van der Waals surface area contributed by atoms with Crippen LogP contribution in [0.1, 0.15) is 117 Å². The first-order valence-corrected chi connectivity index (χ1v) is 18.2. The Morgan fingerprint density at radius 1 is 0.917 bits per heavy atom. The summed E-state index contributed by atoms with van der Waals surface area (Å²) in [6.07, 6.45) is 11.2. The quantitative estimate of drug-likeness (QED) is 0.213. The zero-order chi connectivity index (χ0) is 35.0. The minimum atomic E-state index is -1.35. The van der Waals surface area contributed by atoms with Crippen molar-refractivity contribution in [3.8, 4) is 0 Å². The van der Waals surface area contributed by atoms with E-state index in [-0.39, 0.29) is 47.1 Å². The number of benzene rings is 1. The van der Waals surface area contributed by atoms with Crippen molar-refractivity contribution >= 4 is 23.8 Å². The second-order valence-corrected chi connectivity index (χ2v) is 17.5. The fraction of sp³-hybridized carbons (Fsp3) is 0.683. The van der Waals surface area contributed by atoms with E-state index in [1.807, 2.05) is 6.08 Å². The molecule has 4 fully saturated rings. The molecule has 262 valence electrons. The fourth-order valence-electron chi connectivity index (χ4n) is 12.2. The molecular weight excluding hydrogens is 604 g/mol. The van der Waals surface area contributed by atoms with Crippen LogP contribution in [-0.2, 0) is 32.3 Å².